The van der Waals surface area contributed by atoms with E-state index >= 15 is 0 Å². The van der Waals surface area contributed by atoms with E-state index in [1.807, 2.05) is 25.1 Å². The van der Waals surface area contributed by atoms with Crippen LogP contribution in [0.4, 0.5) is 11.4 Å². The third kappa shape index (κ3) is 5.06. The SMILES string of the molecule is Cc1ccc(NC(=O)CCCOc2ccccc2[N+](=O)[O-])c(Br)c1. The van der Waals surface area contributed by atoms with Gasteiger partial charge in [0.1, 0.15) is 0 Å². The number of ether oxygens (including phenoxy) is 1. The maximum absolute atomic E-state index is 11.9. The molecule has 0 heterocycles. The van der Waals surface area contributed by atoms with Gasteiger partial charge in [0.25, 0.3) is 0 Å². The molecule has 1 N–H and O–H groups in total. The number of rotatable bonds is 7. The van der Waals surface area contributed by atoms with Crippen LogP contribution in [0.25, 0.3) is 0 Å². The summed E-state index contributed by atoms with van der Waals surface area (Å²) in [6.45, 7) is 2.20. The maximum atomic E-state index is 11.9. The van der Waals surface area contributed by atoms with Crippen LogP contribution in [-0.2, 0) is 4.79 Å². The van der Waals surface area contributed by atoms with E-state index < -0.39 is 4.92 Å². The van der Waals surface area contributed by atoms with Gasteiger partial charge in [0.15, 0.2) is 5.75 Å². The molecule has 0 aliphatic carbocycles. The lowest BCUT2D eigenvalue weighted by Crippen LogP contribution is -2.13. The quantitative estimate of drug-likeness (QED) is 0.428. The zero-order valence-corrected chi connectivity index (χ0v) is 14.7. The van der Waals surface area contributed by atoms with E-state index in [2.05, 4.69) is 21.2 Å². The number of aryl methyl sites for hydroxylation is 1. The monoisotopic (exact) mass is 392 g/mol. The standard InChI is InChI=1S/C17H17BrN2O4/c1-12-8-9-14(13(18)11-12)19-17(21)7-4-10-24-16-6-3-2-5-15(16)20(22)23/h2-3,5-6,8-9,11H,4,7,10H2,1H3,(H,19,21). The van der Waals surface area contributed by atoms with Crippen LogP contribution in [0.3, 0.4) is 0 Å². The van der Waals surface area contributed by atoms with Crippen molar-refractivity contribution in [2.45, 2.75) is 19.8 Å². The highest BCUT2D eigenvalue weighted by atomic mass is 79.9. The Kier molecular flexibility index (Phi) is 6.31. The van der Waals surface area contributed by atoms with Gasteiger partial charge in [0, 0.05) is 17.0 Å². The summed E-state index contributed by atoms with van der Waals surface area (Å²) in [5, 5.41) is 13.7. The normalized spacial score (nSPS) is 10.2. The Labute approximate surface area is 148 Å². The van der Waals surface area contributed by atoms with Gasteiger partial charge in [-0.2, -0.15) is 0 Å². The van der Waals surface area contributed by atoms with E-state index in [9.17, 15) is 14.9 Å². The van der Waals surface area contributed by atoms with Gasteiger partial charge in [-0.15, -0.1) is 0 Å². The van der Waals surface area contributed by atoms with Crippen molar-refractivity contribution in [3.63, 3.8) is 0 Å². The average molecular weight is 393 g/mol. The van der Waals surface area contributed by atoms with Crippen LogP contribution in [0.1, 0.15) is 18.4 Å². The van der Waals surface area contributed by atoms with E-state index in [1.54, 1.807) is 18.2 Å². The molecule has 7 heteroatoms. The van der Waals surface area contributed by atoms with Crippen molar-refractivity contribution < 1.29 is 14.5 Å². The van der Waals surface area contributed by atoms with Crippen molar-refractivity contribution in [1.29, 1.82) is 0 Å². The number of nitrogens with zero attached hydrogens (tertiary/aromatic N) is 1. The zero-order chi connectivity index (χ0) is 17.5. The van der Waals surface area contributed by atoms with Crippen molar-refractivity contribution in [3.8, 4) is 5.75 Å². The number of carbonyl (C=O) groups excluding carboxylic acids is 1. The third-order valence-electron chi connectivity index (χ3n) is 3.27. The van der Waals surface area contributed by atoms with Crippen LogP contribution >= 0.6 is 15.9 Å². The predicted octanol–water partition coefficient (Wildman–Crippen LogP) is 4.46. The fourth-order valence-corrected chi connectivity index (χ4v) is 2.67. The first-order chi connectivity index (χ1) is 11.5. The summed E-state index contributed by atoms with van der Waals surface area (Å²) in [6.07, 6.45) is 0.725. The highest BCUT2D eigenvalue weighted by Gasteiger charge is 2.13. The number of anilines is 1. The summed E-state index contributed by atoms with van der Waals surface area (Å²) in [5.74, 6) is 0.0786. The fraction of sp³-hybridized carbons (Fsp3) is 0.235. The molecular weight excluding hydrogens is 376 g/mol. The molecule has 0 unspecified atom stereocenters. The summed E-state index contributed by atoms with van der Waals surface area (Å²) in [4.78, 5) is 22.3. The Morgan fingerprint density at radius 3 is 2.75 bits per heavy atom. The van der Waals surface area contributed by atoms with E-state index in [4.69, 9.17) is 4.74 Å². The second-order valence-electron chi connectivity index (χ2n) is 5.21. The minimum absolute atomic E-state index is 0.0782. The molecule has 0 aromatic heterocycles. The van der Waals surface area contributed by atoms with Crippen LogP contribution in [0.15, 0.2) is 46.9 Å². The van der Waals surface area contributed by atoms with Crippen LogP contribution < -0.4 is 10.1 Å². The van der Waals surface area contributed by atoms with Gasteiger partial charge in [0.2, 0.25) is 5.91 Å². The molecule has 0 fully saturated rings. The molecule has 2 rings (SSSR count). The molecule has 0 radical (unpaired) electrons. The lowest BCUT2D eigenvalue weighted by atomic mass is 10.2. The Bertz CT molecular complexity index is 749. The second-order valence-corrected chi connectivity index (χ2v) is 6.06. The lowest BCUT2D eigenvalue weighted by molar-refractivity contribution is -0.385. The number of benzene rings is 2. The molecule has 2 aromatic rings. The summed E-state index contributed by atoms with van der Waals surface area (Å²) >= 11 is 3.41. The van der Waals surface area contributed by atoms with Gasteiger partial charge >= 0.3 is 5.69 Å². The number of amides is 1. The van der Waals surface area contributed by atoms with Crippen molar-refractivity contribution in [1.82, 2.24) is 0 Å². The lowest BCUT2D eigenvalue weighted by Gasteiger charge is -2.09. The number of hydrogen-bond acceptors (Lipinski definition) is 4. The zero-order valence-electron chi connectivity index (χ0n) is 13.1. The highest BCUT2D eigenvalue weighted by Crippen LogP contribution is 2.26. The highest BCUT2D eigenvalue weighted by molar-refractivity contribution is 9.10. The average Bonchev–Trinajstić information content (AvgIpc) is 2.54. The number of nitro groups is 1. The molecule has 0 spiro atoms. The van der Waals surface area contributed by atoms with E-state index in [1.165, 1.54) is 6.07 Å². The second kappa shape index (κ2) is 8.44. The van der Waals surface area contributed by atoms with Gasteiger partial charge in [-0.25, -0.2) is 0 Å². The molecule has 6 nitrogen and oxygen atoms in total. The number of para-hydroxylation sites is 2. The largest absolute Gasteiger partial charge is 0.487 e. The topological polar surface area (TPSA) is 81.5 Å². The summed E-state index contributed by atoms with van der Waals surface area (Å²) in [7, 11) is 0. The smallest absolute Gasteiger partial charge is 0.310 e. The Morgan fingerprint density at radius 2 is 2.04 bits per heavy atom. The van der Waals surface area contributed by atoms with Gasteiger partial charge in [0.05, 0.1) is 17.2 Å². The molecule has 0 saturated carbocycles. The van der Waals surface area contributed by atoms with Crippen LogP contribution in [0.5, 0.6) is 5.75 Å². The molecule has 1 amide bonds. The molecule has 126 valence electrons. The van der Waals surface area contributed by atoms with Crippen LogP contribution in [0.2, 0.25) is 0 Å². The fourth-order valence-electron chi connectivity index (χ4n) is 2.08. The van der Waals surface area contributed by atoms with Crippen molar-refractivity contribution in [2.75, 3.05) is 11.9 Å². The van der Waals surface area contributed by atoms with Crippen molar-refractivity contribution in [2.24, 2.45) is 0 Å². The molecule has 0 aliphatic heterocycles. The Morgan fingerprint density at radius 1 is 1.29 bits per heavy atom. The number of nitrogens with one attached hydrogen (secondary N) is 1. The predicted molar refractivity (Wildman–Crippen MR) is 95.3 cm³/mol. The molecule has 24 heavy (non-hydrogen) atoms. The number of halogens is 1. The van der Waals surface area contributed by atoms with Gasteiger partial charge in [-0.3, -0.25) is 14.9 Å². The molecule has 0 aliphatic rings. The summed E-state index contributed by atoms with van der Waals surface area (Å²) in [6, 6.07) is 11.9. The first-order valence-corrected chi connectivity index (χ1v) is 8.19. The van der Waals surface area contributed by atoms with E-state index in [0.717, 1.165) is 10.0 Å². The van der Waals surface area contributed by atoms with Crippen LogP contribution in [-0.4, -0.2) is 17.4 Å². The number of hydrogen-bond donors (Lipinski definition) is 1. The maximum Gasteiger partial charge on any atom is 0.310 e. The molecule has 0 bridgehead atoms. The number of carbonyl (C=O) groups is 1. The summed E-state index contributed by atoms with van der Waals surface area (Å²) < 4.78 is 6.23. The third-order valence-corrected chi connectivity index (χ3v) is 3.92. The molecule has 0 atom stereocenters. The van der Waals surface area contributed by atoms with Crippen molar-refractivity contribution >= 4 is 33.2 Å². The molecule has 0 saturated heterocycles. The number of nitro benzene ring substituents is 1. The van der Waals surface area contributed by atoms with E-state index in [-0.39, 0.29) is 30.4 Å². The minimum atomic E-state index is -0.489. The first kappa shape index (κ1) is 17.9. The molecule has 2 aromatic carbocycles. The van der Waals surface area contributed by atoms with Gasteiger partial charge < -0.3 is 10.1 Å². The summed E-state index contributed by atoms with van der Waals surface area (Å²) in [5.41, 5.74) is 1.73. The van der Waals surface area contributed by atoms with Gasteiger partial charge in [-0.1, -0.05) is 18.2 Å². The van der Waals surface area contributed by atoms with Crippen LogP contribution in [0, 0.1) is 17.0 Å². The Hall–Kier alpha value is -2.41. The molecular formula is C17H17BrN2O4. The Balaban J connectivity index is 1.80. The first-order valence-electron chi connectivity index (χ1n) is 7.39. The van der Waals surface area contributed by atoms with Gasteiger partial charge in [-0.05, 0) is 53.0 Å². The van der Waals surface area contributed by atoms with E-state index in [0.29, 0.717) is 12.1 Å². The van der Waals surface area contributed by atoms with Crippen molar-refractivity contribution in [3.05, 3.63) is 62.6 Å². The minimum Gasteiger partial charge on any atom is -0.487 e.